The third-order valence-corrected chi connectivity index (χ3v) is 2.83. The third kappa shape index (κ3) is 2.84. The van der Waals surface area contributed by atoms with Crippen molar-refractivity contribution in [2.75, 3.05) is 7.11 Å². The second-order valence-electron chi connectivity index (χ2n) is 3.86. The van der Waals surface area contributed by atoms with E-state index >= 15 is 0 Å². The predicted molar refractivity (Wildman–Crippen MR) is 73.7 cm³/mol. The van der Waals surface area contributed by atoms with Crippen molar-refractivity contribution >= 4 is 17.7 Å². The van der Waals surface area contributed by atoms with Crippen LogP contribution in [0.4, 0.5) is 0 Å². The molecule has 0 unspecified atom stereocenters. The van der Waals surface area contributed by atoms with E-state index in [0.717, 1.165) is 11.3 Å². The summed E-state index contributed by atoms with van der Waals surface area (Å²) in [6, 6.07) is 11.6. The molecule has 0 aliphatic carbocycles. The molecule has 2 rings (SSSR count). The topological polar surface area (TPSA) is 25.5 Å². The number of hydrogen-bond donors (Lipinski definition) is 0. The maximum Gasteiger partial charge on any atom is 0.202 e. The van der Waals surface area contributed by atoms with E-state index in [4.69, 9.17) is 17.4 Å². The molecule has 0 amide bonds. The number of aromatic nitrogens is 1. The smallest absolute Gasteiger partial charge is 0.202 e. The van der Waals surface area contributed by atoms with Crippen LogP contribution in [0.25, 0.3) is 0 Å². The molecule has 1 heterocycles. The van der Waals surface area contributed by atoms with Gasteiger partial charge in [-0.3, -0.25) is 0 Å². The van der Waals surface area contributed by atoms with Crippen molar-refractivity contribution in [2.45, 2.75) is 6.92 Å². The highest BCUT2D eigenvalue weighted by Crippen LogP contribution is 2.17. The molecule has 0 aliphatic heterocycles. The Kier molecular flexibility index (Phi) is 3.89. The third-order valence-electron chi connectivity index (χ3n) is 2.52. The number of benzene rings is 1. The van der Waals surface area contributed by atoms with Crippen LogP contribution in [0.3, 0.4) is 0 Å². The molecule has 0 aliphatic rings. The molecule has 4 heteroatoms. The van der Waals surface area contributed by atoms with Gasteiger partial charge >= 0.3 is 0 Å². The molecule has 92 valence electrons. The van der Waals surface area contributed by atoms with Crippen molar-refractivity contribution in [3.8, 4) is 5.75 Å². The van der Waals surface area contributed by atoms with E-state index in [0.29, 0.717) is 5.04 Å². The van der Waals surface area contributed by atoms with Crippen LogP contribution in [0.2, 0.25) is 0 Å². The predicted octanol–water partition coefficient (Wildman–Crippen LogP) is 2.05. The van der Waals surface area contributed by atoms with E-state index in [9.17, 15) is 0 Å². The highest BCUT2D eigenvalue weighted by molar-refractivity contribution is 7.78. The average Bonchev–Trinajstić information content (AvgIpc) is 2.41. The highest BCUT2D eigenvalue weighted by atomic mass is 32.1. The van der Waals surface area contributed by atoms with Gasteiger partial charge in [0, 0.05) is 17.7 Å². The zero-order valence-electron chi connectivity index (χ0n) is 10.3. The first-order valence-corrected chi connectivity index (χ1v) is 5.99. The molecule has 18 heavy (non-hydrogen) atoms. The fourth-order valence-electron chi connectivity index (χ4n) is 1.54. The van der Waals surface area contributed by atoms with E-state index in [1.807, 2.05) is 55.7 Å². The molecule has 1 aromatic heterocycles. The molecule has 0 radical (unpaired) electrons. The number of para-hydroxylation sites is 1. The van der Waals surface area contributed by atoms with Gasteiger partial charge in [-0.25, -0.2) is 0 Å². The van der Waals surface area contributed by atoms with Crippen LogP contribution in [0.15, 0.2) is 53.9 Å². The summed E-state index contributed by atoms with van der Waals surface area (Å²) in [5.74, 6) is 0.735. The lowest BCUT2D eigenvalue weighted by Crippen LogP contribution is -2.28. The first-order chi connectivity index (χ1) is 8.70. The first kappa shape index (κ1) is 12.5. The minimum absolute atomic E-state index is 0.501. The van der Waals surface area contributed by atoms with Crippen LogP contribution in [0.5, 0.6) is 5.75 Å². The molecule has 0 saturated carbocycles. The molecule has 0 spiro atoms. The zero-order chi connectivity index (χ0) is 13.0. The van der Waals surface area contributed by atoms with Crippen molar-refractivity contribution in [1.29, 1.82) is 0 Å². The summed E-state index contributed by atoms with van der Waals surface area (Å²) in [5, 5.41) is 4.85. The number of rotatable bonds is 3. The van der Waals surface area contributed by atoms with Gasteiger partial charge in [0.2, 0.25) is 12.4 Å². The van der Waals surface area contributed by atoms with E-state index in [2.05, 4.69) is 5.10 Å². The molecule has 1 aromatic carbocycles. The number of hydrogen-bond acceptors (Lipinski definition) is 3. The molecule has 0 atom stereocenters. The van der Waals surface area contributed by atoms with Crippen LogP contribution >= 0.6 is 0 Å². The van der Waals surface area contributed by atoms with Gasteiger partial charge in [-0.2, -0.15) is 0 Å². The Morgan fingerprint density at radius 2 is 1.83 bits per heavy atom. The Morgan fingerprint density at radius 1 is 1.17 bits per heavy atom. The fraction of sp³-hybridized carbons (Fsp3) is 0.143. The van der Waals surface area contributed by atoms with E-state index in [1.54, 1.807) is 11.8 Å². The number of methoxy groups -OCH3 is 1. The number of pyridine rings is 1. The molecule has 2 aromatic rings. The minimum atomic E-state index is 0.501. The van der Waals surface area contributed by atoms with Gasteiger partial charge in [0.15, 0.2) is 0 Å². The Balaban J connectivity index is 2.35. The standard InChI is InChI=1S/C14H14N2OS/c1-11-7-9-16(10-8-11)15-14(18)12-5-3-4-6-13(12)17-2/h3-10H,1-2H3. The number of aryl methyl sites for hydroxylation is 1. The van der Waals surface area contributed by atoms with Crippen LogP contribution in [0.1, 0.15) is 11.1 Å². The van der Waals surface area contributed by atoms with Crippen molar-refractivity contribution in [3.63, 3.8) is 0 Å². The summed E-state index contributed by atoms with van der Waals surface area (Å²) in [7, 11) is 1.63. The Morgan fingerprint density at radius 3 is 2.50 bits per heavy atom. The van der Waals surface area contributed by atoms with Crippen molar-refractivity contribution in [3.05, 3.63) is 59.9 Å². The molecule has 3 nitrogen and oxygen atoms in total. The Labute approximate surface area is 112 Å². The Hall–Kier alpha value is -1.94. The van der Waals surface area contributed by atoms with Gasteiger partial charge in [-0.05, 0) is 28.7 Å². The van der Waals surface area contributed by atoms with Crippen molar-refractivity contribution in [2.24, 2.45) is 5.10 Å². The summed E-state index contributed by atoms with van der Waals surface area (Å²) >= 11 is 5.32. The molecule has 0 saturated heterocycles. The largest absolute Gasteiger partial charge is 0.754 e. The van der Waals surface area contributed by atoms with Gasteiger partial charge in [-0.1, -0.05) is 22.9 Å². The summed E-state index contributed by atoms with van der Waals surface area (Å²) in [6.45, 7) is 2.03. The lowest BCUT2D eigenvalue weighted by molar-refractivity contribution is -0.678. The summed E-state index contributed by atoms with van der Waals surface area (Å²) in [5.41, 5.74) is 2.01. The van der Waals surface area contributed by atoms with Gasteiger partial charge < -0.3 is 17.4 Å². The monoisotopic (exact) mass is 258 g/mol. The maximum atomic E-state index is 5.32. The van der Waals surface area contributed by atoms with Gasteiger partial charge in [-0.15, -0.1) is 0 Å². The molecule has 0 N–H and O–H groups in total. The second kappa shape index (κ2) is 5.60. The number of nitrogens with zero attached hydrogens (tertiary/aromatic N) is 2. The van der Waals surface area contributed by atoms with Crippen LogP contribution in [0, 0.1) is 6.92 Å². The molecular formula is C14H14N2OS. The summed E-state index contributed by atoms with van der Waals surface area (Å²) < 4.78 is 6.96. The van der Waals surface area contributed by atoms with Crippen LogP contribution in [-0.2, 0) is 12.6 Å². The summed E-state index contributed by atoms with van der Waals surface area (Å²) in [4.78, 5) is 0. The maximum absolute atomic E-state index is 5.32. The van der Waals surface area contributed by atoms with Gasteiger partial charge in [0.25, 0.3) is 0 Å². The van der Waals surface area contributed by atoms with E-state index in [1.165, 1.54) is 5.56 Å². The van der Waals surface area contributed by atoms with Gasteiger partial charge in [0.05, 0.1) is 7.11 Å². The number of ether oxygens (including phenoxy) is 1. The SMILES string of the molecule is COc1ccccc1/C([S-])=N\[n+]1ccc(C)cc1. The normalized spacial score (nSPS) is 11.3. The van der Waals surface area contributed by atoms with E-state index in [-0.39, 0.29) is 0 Å². The summed E-state index contributed by atoms with van der Waals surface area (Å²) in [6.07, 6.45) is 3.74. The lowest BCUT2D eigenvalue weighted by Gasteiger charge is -2.11. The van der Waals surface area contributed by atoms with Crippen molar-refractivity contribution in [1.82, 2.24) is 0 Å². The zero-order valence-corrected chi connectivity index (χ0v) is 11.1. The second-order valence-corrected chi connectivity index (χ2v) is 4.25. The van der Waals surface area contributed by atoms with Crippen LogP contribution in [-0.4, -0.2) is 12.2 Å². The molecular weight excluding hydrogens is 244 g/mol. The first-order valence-electron chi connectivity index (χ1n) is 5.58. The van der Waals surface area contributed by atoms with E-state index < -0.39 is 0 Å². The van der Waals surface area contributed by atoms with Crippen molar-refractivity contribution < 1.29 is 9.41 Å². The average molecular weight is 258 g/mol. The fourth-order valence-corrected chi connectivity index (χ4v) is 1.80. The molecule has 0 bridgehead atoms. The highest BCUT2D eigenvalue weighted by Gasteiger charge is 2.03. The van der Waals surface area contributed by atoms with Crippen LogP contribution < -0.4 is 9.41 Å². The Bertz CT molecular complexity index is 564. The lowest BCUT2D eigenvalue weighted by atomic mass is 10.2. The van der Waals surface area contributed by atoms with Gasteiger partial charge in [0.1, 0.15) is 5.75 Å². The molecule has 0 fully saturated rings. The minimum Gasteiger partial charge on any atom is -0.754 e. The quantitative estimate of drug-likeness (QED) is 0.364.